The maximum Gasteiger partial charge on any atom is 0.416 e. The van der Waals surface area contributed by atoms with Gasteiger partial charge in [0.25, 0.3) is 0 Å². The van der Waals surface area contributed by atoms with Crippen molar-refractivity contribution in [1.82, 2.24) is 4.90 Å². The fourth-order valence-electron chi connectivity index (χ4n) is 1.88. The van der Waals surface area contributed by atoms with Gasteiger partial charge >= 0.3 is 6.09 Å². The summed E-state index contributed by atoms with van der Waals surface area (Å²) in [6, 6.07) is 0. The number of carbonyl (C=O) groups is 2. The third-order valence-corrected chi connectivity index (χ3v) is 2.82. The second-order valence-electron chi connectivity index (χ2n) is 3.95. The van der Waals surface area contributed by atoms with E-state index in [0.717, 1.165) is 19.3 Å². The summed E-state index contributed by atoms with van der Waals surface area (Å²) < 4.78 is 4.72. The van der Waals surface area contributed by atoms with Gasteiger partial charge < -0.3 is 4.74 Å². The van der Waals surface area contributed by atoms with Gasteiger partial charge in [-0.3, -0.25) is 4.79 Å². The molecule has 0 saturated carbocycles. The van der Waals surface area contributed by atoms with Gasteiger partial charge in [0.2, 0.25) is 5.91 Å². The van der Waals surface area contributed by atoms with Crippen molar-refractivity contribution in [3.05, 3.63) is 23.8 Å². The van der Waals surface area contributed by atoms with E-state index in [-0.39, 0.29) is 5.91 Å². The molecule has 0 radical (unpaired) electrons. The third-order valence-electron chi connectivity index (χ3n) is 2.82. The smallest absolute Gasteiger partial charge is 0.416 e. The number of nitrogens with zero attached hydrogens (tertiary/aromatic N) is 1. The second-order valence-corrected chi connectivity index (χ2v) is 3.95. The predicted octanol–water partition coefficient (Wildman–Crippen LogP) is 2.02. The number of hydrogen-bond donors (Lipinski definition) is 0. The van der Waals surface area contributed by atoms with Gasteiger partial charge in [-0.25, -0.2) is 9.69 Å². The lowest BCUT2D eigenvalue weighted by Crippen LogP contribution is -2.31. The highest BCUT2D eigenvalue weighted by Crippen LogP contribution is 2.18. The molecule has 1 fully saturated rings. The van der Waals surface area contributed by atoms with Crippen molar-refractivity contribution in [1.29, 1.82) is 0 Å². The molecule has 4 heteroatoms. The van der Waals surface area contributed by atoms with E-state index < -0.39 is 6.09 Å². The first-order valence-electron chi connectivity index (χ1n) is 5.59. The zero-order valence-electron chi connectivity index (χ0n) is 9.15. The van der Waals surface area contributed by atoms with Crippen LogP contribution in [-0.2, 0) is 9.53 Å². The lowest BCUT2D eigenvalue weighted by Gasteiger charge is -2.12. The number of ether oxygens (including phenoxy) is 1. The molecular formula is C12H15NO3. The Morgan fingerprint density at radius 1 is 1.50 bits per heavy atom. The Morgan fingerprint density at radius 2 is 2.38 bits per heavy atom. The van der Waals surface area contributed by atoms with Gasteiger partial charge in [-0.2, -0.15) is 0 Å². The molecule has 0 aromatic rings. The second kappa shape index (κ2) is 4.96. The van der Waals surface area contributed by atoms with E-state index in [1.807, 2.05) is 6.08 Å². The molecule has 0 aromatic heterocycles. The van der Waals surface area contributed by atoms with Gasteiger partial charge in [0, 0.05) is 6.42 Å². The van der Waals surface area contributed by atoms with Gasteiger partial charge in [0.1, 0.15) is 6.61 Å². The molecule has 1 aliphatic heterocycles. The van der Waals surface area contributed by atoms with E-state index in [0.29, 0.717) is 19.6 Å². The van der Waals surface area contributed by atoms with Crippen LogP contribution in [0.2, 0.25) is 0 Å². The minimum absolute atomic E-state index is 0.127. The summed E-state index contributed by atoms with van der Waals surface area (Å²) in [5.41, 5.74) is 1.28. The minimum Gasteiger partial charge on any atom is -0.447 e. The number of imide groups is 1. The molecule has 0 aromatic carbocycles. The normalized spacial score (nSPS) is 19.6. The van der Waals surface area contributed by atoms with E-state index in [1.54, 1.807) is 0 Å². The molecule has 1 saturated heterocycles. The number of hydrogen-bond acceptors (Lipinski definition) is 3. The Morgan fingerprint density at radius 3 is 3.00 bits per heavy atom. The Kier molecular flexibility index (Phi) is 3.39. The fourth-order valence-corrected chi connectivity index (χ4v) is 1.88. The van der Waals surface area contributed by atoms with Crippen LogP contribution in [0.1, 0.15) is 25.7 Å². The Labute approximate surface area is 94.6 Å². The van der Waals surface area contributed by atoms with Crippen molar-refractivity contribution in [3.8, 4) is 0 Å². The van der Waals surface area contributed by atoms with Crippen LogP contribution in [0, 0.1) is 0 Å². The van der Waals surface area contributed by atoms with E-state index >= 15 is 0 Å². The van der Waals surface area contributed by atoms with E-state index in [4.69, 9.17) is 4.74 Å². The average molecular weight is 221 g/mol. The summed E-state index contributed by atoms with van der Waals surface area (Å²) in [6.45, 7) is 0.729. The number of carbonyl (C=O) groups excluding carboxylic acids is 2. The molecule has 0 unspecified atom stereocenters. The molecule has 86 valence electrons. The van der Waals surface area contributed by atoms with Crippen molar-refractivity contribution in [2.75, 3.05) is 13.2 Å². The van der Waals surface area contributed by atoms with Crippen LogP contribution in [-0.4, -0.2) is 30.1 Å². The predicted molar refractivity (Wildman–Crippen MR) is 58.8 cm³/mol. The Balaban J connectivity index is 1.81. The molecule has 16 heavy (non-hydrogen) atoms. The van der Waals surface area contributed by atoms with E-state index in [1.165, 1.54) is 10.5 Å². The molecule has 0 atom stereocenters. The Bertz CT molecular complexity index is 357. The van der Waals surface area contributed by atoms with Gasteiger partial charge in [-0.15, -0.1) is 0 Å². The molecule has 1 aliphatic carbocycles. The summed E-state index contributed by atoms with van der Waals surface area (Å²) in [7, 11) is 0. The van der Waals surface area contributed by atoms with Crippen molar-refractivity contribution in [3.63, 3.8) is 0 Å². The summed E-state index contributed by atoms with van der Waals surface area (Å²) in [6.07, 6.45) is 8.90. The van der Waals surface area contributed by atoms with Crippen molar-refractivity contribution < 1.29 is 14.3 Å². The lowest BCUT2D eigenvalue weighted by molar-refractivity contribution is -0.127. The first-order valence-corrected chi connectivity index (χ1v) is 5.59. The van der Waals surface area contributed by atoms with E-state index in [9.17, 15) is 9.59 Å². The highest BCUT2D eigenvalue weighted by atomic mass is 16.6. The van der Waals surface area contributed by atoms with Crippen LogP contribution in [0.4, 0.5) is 4.79 Å². The zero-order chi connectivity index (χ0) is 11.4. The average Bonchev–Trinajstić information content (AvgIpc) is 2.74. The highest BCUT2D eigenvalue weighted by molar-refractivity contribution is 5.92. The van der Waals surface area contributed by atoms with Gasteiger partial charge in [-0.1, -0.05) is 23.8 Å². The van der Waals surface area contributed by atoms with Crippen molar-refractivity contribution in [2.45, 2.75) is 25.7 Å². The van der Waals surface area contributed by atoms with Gasteiger partial charge in [0.15, 0.2) is 0 Å². The summed E-state index contributed by atoms with van der Waals surface area (Å²) in [4.78, 5) is 24.0. The third kappa shape index (κ3) is 2.51. The molecule has 0 bridgehead atoms. The van der Waals surface area contributed by atoms with Crippen LogP contribution in [0.5, 0.6) is 0 Å². The molecular weight excluding hydrogens is 206 g/mol. The van der Waals surface area contributed by atoms with E-state index in [2.05, 4.69) is 12.2 Å². The summed E-state index contributed by atoms with van der Waals surface area (Å²) >= 11 is 0. The SMILES string of the molecule is O=C(CCC1=CC=CCC1)N1CCOC1=O. The standard InChI is InChI=1S/C12H15NO3/c14-11(13-8-9-16-12(13)15)7-6-10-4-2-1-3-5-10/h1-2,4H,3,5-9H2. The number of rotatable bonds is 3. The maximum atomic E-state index is 11.7. The summed E-state index contributed by atoms with van der Waals surface area (Å²) in [5.74, 6) is -0.127. The van der Waals surface area contributed by atoms with Crippen LogP contribution in [0.3, 0.4) is 0 Å². The lowest BCUT2D eigenvalue weighted by atomic mass is 10.0. The zero-order valence-corrected chi connectivity index (χ0v) is 9.15. The van der Waals surface area contributed by atoms with Crippen LogP contribution in [0.15, 0.2) is 23.8 Å². The van der Waals surface area contributed by atoms with Gasteiger partial charge in [0.05, 0.1) is 6.54 Å². The number of cyclic esters (lactones) is 1. The maximum absolute atomic E-state index is 11.7. The van der Waals surface area contributed by atoms with Crippen molar-refractivity contribution >= 4 is 12.0 Å². The molecule has 1 heterocycles. The molecule has 0 N–H and O–H groups in total. The largest absolute Gasteiger partial charge is 0.447 e. The molecule has 2 rings (SSSR count). The van der Waals surface area contributed by atoms with Crippen molar-refractivity contribution in [2.24, 2.45) is 0 Å². The van der Waals surface area contributed by atoms with Crippen LogP contribution >= 0.6 is 0 Å². The molecule has 0 spiro atoms. The highest BCUT2D eigenvalue weighted by Gasteiger charge is 2.27. The summed E-state index contributed by atoms with van der Waals surface area (Å²) in [5, 5.41) is 0. The number of amides is 2. The van der Waals surface area contributed by atoms with Crippen LogP contribution in [0.25, 0.3) is 0 Å². The van der Waals surface area contributed by atoms with Crippen LogP contribution < -0.4 is 0 Å². The quantitative estimate of drug-likeness (QED) is 0.732. The fraction of sp³-hybridized carbons (Fsp3) is 0.500. The van der Waals surface area contributed by atoms with Gasteiger partial charge in [-0.05, 0) is 19.3 Å². The molecule has 2 amide bonds. The Hall–Kier alpha value is -1.58. The molecule has 4 nitrogen and oxygen atoms in total. The minimum atomic E-state index is -0.498. The molecule has 2 aliphatic rings. The topological polar surface area (TPSA) is 46.6 Å². The monoisotopic (exact) mass is 221 g/mol. The first-order chi connectivity index (χ1) is 7.77. The number of allylic oxidation sites excluding steroid dienone is 4. The first kappa shape index (κ1) is 10.9.